The van der Waals surface area contributed by atoms with E-state index in [1.165, 1.54) is 0 Å². The summed E-state index contributed by atoms with van der Waals surface area (Å²) in [5, 5.41) is 9.34. The Labute approximate surface area is 192 Å². The molecule has 0 saturated carbocycles. The molecule has 2 heterocycles. The van der Waals surface area contributed by atoms with Crippen molar-refractivity contribution in [1.29, 1.82) is 0 Å². The number of carbonyl (C=O) groups excluding carboxylic acids is 1. The molecular weight excluding hydrogens is 424 g/mol. The fraction of sp³-hybridized carbons (Fsp3) is 0.333. The molecule has 1 atom stereocenters. The Morgan fingerprint density at radius 1 is 1.12 bits per heavy atom. The normalized spacial score (nSPS) is 14.7. The number of methoxy groups -OCH3 is 1. The Bertz CT molecular complexity index is 1090. The van der Waals surface area contributed by atoms with E-state index in [4.69, 9.17) is 9.47 Å². The van der Waals surface area contributed by atoms with E-state index in [0.29, 0.717) is 23.2 Å². The standard InChI is InChI=1S/C24H26N4O3S/c1-4-6-15-32-24-25-22-21(26-27-24)18-9-7-8-10-19(18)28(20(29)5-2)23(31-22)16-11-13-17(30-3)14-12-16/h7-14,23H,4-6,15H2,1-3H3/t23-/m0/s1. The fourth-order valence-corrected chi connectivity index (χ4v) is 4.37. The summed E-state index contributed by atoms with van der Waals surface area (Å²) in [5.41, 5.74) is 2.84. The van der Waals surface area contributed by atoms with Crippen LogP contribution in [-0.2, 0) is 4.79 Å². The summed E-state index contributed by atoms with van der Waals surface area (Å²) in [5.74, 6) is 1.96. The summed E-state index contributed by atoms with van der Waals surface area (Å²) in [6.45, 7) is 3.99. The smallest absolute Gasteiger partial charge is 0.247 e. The number of carbonyl (C=O) groups is 1. The van der Waals surface area contributed by atoms with Crippen molar-refractivity contribution in [1.82, 2.24) is 15.2 Å². The maximum Gasteiger partial charge on any atom is 0.247 e. The average molecular weight is 451 g/mol. The van der Waals surface area contributed by atoms with Gasteiger partial charge in [0.05, 0.1) is 12.8 Å². The molecule has 166 valence electrons. The Hall–Kier alpha value is -3.13. The number of rotatable bonds is 7. The number of unbranched alkanes of at least 4 members (excludes halogenated alkanes) is 1. The maximum absolute atomic E-state index is 13.1. The molecule has 0 fully saturated rings. The summed E-state index contributed by atoms with van der Waals surface area (Å²) >= 11 is 1.56. The zero-order valence-corrected chi connectivity index (χ0v) is 19.3. The van der Waals surface area contributed by atoms with Gasteiger partial charge in [0, 0.05) is 23.3 Å². The molecule has 2 aromatic carbocycles. The van der Waals surface area contributed by atoms with Gasteiger partial charge in [-0.2, -0.15) is 4.98 Å². The number of amides is 1. The second-order valence-corrected chi connectivity index (χ2v) is 8.39. The minimum Gasteiger partial charge on any atom is -0.497 e. The molecule has 0 spiro atoms. The van der Waals surface area contributed by atoms with E-state index in [0.717, 1.165) is 41.2 Å². The SMILES string of the molecule is CCCCSc1nnc2c(n1)O[C@@H](c1ccc(OC)cc1)N(C(=O)CC)c1ccccc1-2. The van der Waals surface area contributed by atoms with Crippen LogP contribution in [0.3, 0.4) is 0 Å². The molecule has 7 nitrogen and oxygen atoms in total. The van der Waals surface area contributed by atoms with Gasteiger partial charge in [-0.15, -0.1) is 10.2 Å². The molecular formula is C24H26N4O3S. The first-order chi connectivity index (χ1) is 15.7. The number of para-hydroxylation sites is 1. The van der Waals surface area contributed by atoms with Crippen LogP contribution < -0.4 is 14.4 Å². The molecule has 0 saturated heterocycles. The molecule has 1 aliphatic heterocycles. The van der Waals surface area contributed by atoms with Gasteiger partial charge in [0.2, 0.25) is 23.2 Å². The quantitative estimate of drug-likeness (QED) is 0.358. The van der Waals surface area contributed by atoms with E-state index in [1.807, 2.05) is 55.5 Å². The van der Waals surface area contributed by atoms with Crippen molar-refractivity contribution < 1.29 is 14.3 Å². The van der Waals surface area contributed by atoms with Crippen molar-refractivity contribution in [2.75, 3.05) is 17.8 Å². The molecule has 8 heteroatoms. The first kappa shape index (κ1) is 22.1. The number of hydrogen-bond donors (Lipinski definition) is 0. The van der Waals surface area contributed by atoms with Gasteiger partial charge in [0.1, 0.15) is 5.75 Å². The van der Waals surface area contributed by atoms with Crippen LogP contribution in [0.2, 0.25) is 0 Å². The number of nitrogens with zero attached hydrogens (tertiary/aromatic N) is 4. The van der Waals surface area contributed by atoms with Gasteiger partial charge in [0.15, 0.2) is 5.69 Å². The third-order valence-electron chi connectivity index (χ3n) is 5.21. The van der Waals surface area contributed by atoms with Crippen LogP contribution in [0, 0.1) is 0 Å². The summed E-state index contributed by atoms with van der Waals surface area (Å²) in [6, 6.07) is 15.2. The first-order valence-electron chi connectivity index (χ1n) is 10.8. The highest BCUT2D eigenvalue weighted by molar-refractivity contribution is 7.99. The lowest BCUT2D eigenvalue weighted by atomic mass is 10.1. The number of ether oxygens (including phenoxy) is 2. The fourth-order valence-electron chi connectivity index (χ4n) is 3.51. The number of anilines is 1. The highest BCUT2D eigenvalue weighted by Gasteiger charge is 2.35. The van der Waals surface area contributed by atoms with Gasteiger partial charge < -0.3 is 9.47 Å². The lowest BCUT2D eigenvalue weighted by Gasteiger charge is -2.30. The molecule has 1 aromatic heterocycles. The van der Waals surface area contributed by atoms with Crippen LogP contribution in [0.5, 0.6) is 11.6 Å². The Morgan fingerprint density at radius 2 is 1.91 bits per heavy atom. The molecule has 1 aliphatic rings. The molecule has 3 aromatic rings. The molecule has 0 bridgehead atoms. The highest BCUT2D eigenvalue weighted by Crippen LogP contribution is 2.43. The molecule has 0 N–H and O–H groups in total. The number of thioether (sulfide) groups is 1. The van der Waals surface area contributed by atoms with Crippen LogP contribution in [0.1, 0.15) is 44.9 Å². The van der Waals surface area contributed by atoms with E-state index >= 15 is 0 Å². The van der Waals surface area contributed by atoms with Crippen LogP contribution in [0.4, 0.5) is 5.69 Å². The van der Waals surface area contributed by atoms with E-state index < -0.39 is 6.23 Å². The van der Waals surface area contributed by atoms with Crippen molar-refractivity contribution in [2.45, 2.75) is 44.5 Å². The van der Waals surface area contributed by atoms with Gasteiger partial charge in [-0.1, -0.05) is 50.2 Å². The minimum absolute atomic E-state index is 0.0587. The largest absolute Gasteiger partial charge is 0.497 e. The second kappa shape index (κ2) is 9.99. The van der Waals surface area contributed by atoms with Crippen molar-refractivity contribution in [3.8, 4) is 22.9 Å². The van der Waals surface area contributed by atoms with Crippen molar-refractivity contribution in [2.24, 2.45) is 0 Å². The molecule has 0 radical (unpaired) electrons. The Balaban J connectivity index is 1.84. The van der Waals surface area contributed by atoms with Crippen molar-refractivity contribution in [3.05, 3.63) is 54.1 Å². The zero-order chi connectivity index (χ0) is 22.5. The van der Waals surface area contributed by atoms with Gasteiger partial charge in [-0.25, -0.2) is 0 Å². The van der Waals surface area contributed by atoms with E-state index in [9.17, 15) is 4.79 Å². The Kier molecular flexibility index (Phi) is 6.90. The van der Waals surface area contributed by atoms with Crippen LogP contribution >= 0.6 is 11.8 Å². The summed E-state index contributed by atoms with van der Waals surface area (Å²) in [7, 11) is 1.62. The zero-order valence-electron chi connectivity index (χ0n) is 18.4. The van der Waals surface area contributed by atoms with Gasteiger partial charge in [0.25, 0.3) is 0 Å². The highest BCUT2D eigenvalue weighted by atomic mass is 32.2. The number of aromatic nitrogens is 3. The molecule has 1 amide bonds. The number of fused-ring (bicyclic) bond motifs is 3. The number of benzene rings is 2. The van der Waals surface area contributed by atoms with E-state index in [-0.39, 0.29) is 5.91 Å². The lowest BCUT2D eigenvalue weighted by molar-refractivity contribution is -0.120. The van der Waals surface area contributed by atoms with E-state index in [1.54, 1.807) is 23.8 Å². The van der Waals surface area contributed by atoms with Gasteiger partial charge in [-0.3, -0.25) is 9.69 Å². The summed E-state index contributed by atoms with van der Waals surface area (Å²) in [6.07, 6.45) is 1.81. The topological polar surface area (TPSA) is 77.4 Å². The second-order valence-electron chi connectivity index (χ2n) is 7.33. The minimum atomic E-state index is -0.694. The van der Waals surface area contributed by atoms with Gasteiger partial charge in [-0.05, 0) is 36.8 Å². The van der Waals surface area contributed by atoms with Crippen molar-refractivity contribution >= 4 is 23.4 Å². The molecule has 0 aliphatic carbocycles. The monoisotopic (exact) mass is 450 g/mol. The predicted octanol–water partition coefficient (Wildman–Crippen LogP) is 5.27. The summed E-state index contributed by atoms with van der Waals surface area (Å²) in [4.78, 5) is 19.5. The first-order valence-corrected chi connectivity index (χ1v) is 11.7. The molecule has 32 heavy (non-hydrogen) atoms. The van der Waals surface area contributed by atoms with Crippen LogP contribution in [0.15, 0.2) is 53.7 Å². The van der Waals surface area contributed by atoms with Crippen molar-refractivity contribution in [3.63, 3.8) is 0 Å². The average Bonchev–Trinajstić information content (AvgIpc) is 2.98. The van der Waals surface area contributed by atoms with Crippen LogP contribution in [0.25, 0.3) is 11.3 Å². The van der Waals surface area contributed by atoms with E-state index in [2.05, 4.69) is 22.1 Å². The van der Waals surface area contributed by atoms with Gasteiger partial charge >= 0.3 is 0 Å². The lowest BCUT2D eigenvalue weighted by Crippen LogP contribution is -2.37. The van der Waals surface area contributed by atoms with Crippen LogP contribution in [-0.4, -0.2) is 34.0 Å². The maximum atomic E-state index is 13.1. The third kappa shape index (κ3) is 4.41. The molecule has 0 unspecified atom stereocenters. The number of hydrogen-bond acceptors (Lipinski definition) is 7. The Morgan fingerprint density at radius 3 is 2.62 bits per heavy atom. The summed E-state index contributed by atoms with van der Waals surface area (Å²) < 4.78 is 11.7. The molecule has 4 rings (SSSR count). The third-order valence-corrected chi connectivity index (χ3v) is 6.14. The predicted molar refractivity (Wildman–Crippen MR) is 125 cm³/mol.